The van der Waals surface area contributed by atoms with Crippen molar-refractivity contribution in [3.8, 4) is 0 Å². The lowest BCUT2D eigenvalue weighted by molar-refractivity contribution is -0.142. The molecule has 17 heavy (non-hydrogen) atoms. The summed E-state index contributed by atoms with van der Waals surface area (Å²) >= 11 is 4.56. The molecule has 0 atom stereocenters. The Morgan fingerprint density at radius 2 is 1.94 bits per heavy atom. The standard InChI is InChI=1S/C11H12N2O3S/c1-7(14)16-6-8-2-4-9(5-3-8)10(15)13-11(12)17/h2-5H,6H2,1H3,(H3,12,13,15,17). The maximum atomic E-state index is 11.5. The maximum absolute atomic E-state index is 11.5. The topological polar surface area (TPSA) is 81.4 Å². The number of rotatable bonds is 3. The molecule has 6 heteroatoms. The van der Waals surface area contributed by atoms with Crippen LogP contribution in [-0.2, 0) is 16.1 Å². The first-order valence-electron chi connectivity index (χ1n) is 4.82. The van der Waals surface area contributed by atoms with Crippen LogP contribution in [0.15, 0.2) is 24.3 Å². The van der Waals surface area contributed by atoms with Gasteiger partial charge >= 0.3 is 5.97 Å². The van der Waals surface area contributed by atoms with E-state index in [0.717, 1.165) is 5.56 Å². The van der Waals surface area contributed by atoms with E-state index in [1.807, 2.05) is 0 Å². The zero-order valence-electron chi connectivity index (χ0n) is 9.23. The van der Waals surface area contributed by atoms with Crippen LogP contribution in [0.4, 0.5) is 0 Å². The van der Waals surface area contributed by atoms with Gasteiger partial charge in [-0.2, -0.15) is 0 Å². The van der Waals surface area contributed by atoms with E-state index in [9.17, 15) is 9.59 Å². The van der Waals surface area contributed by atoms with Crippen molar-refractivity contribution in [2.75, 3.05) is 0 Å². The number of carbonyl (C=O) groups is 2. The third-order valence-electron chi connectivity index (χ3n) is 1.89. The van der Waals surface area contributed by atoms with E-state index < -0.39 is 0 Å². The molecule has 1 amide bonds. The Morgan fingerprint density at radius 1 is 1.35 bits per heavy atom. The van der Waals surface area contributed by atoms with Gasteiger partial charge in [0.1, 0.15) is 6.61 Å². The van der Waals surface area contributed by atoms with Crippen LogP contribution in [0.5, 0.6) is 0 Å². The number of amides is 1. The second-order valence-corrected chi connectivity index (χ2v) is 3.74. The molecule has 0 aliphatic rings. The summed E-state index contributed by atoms with van der Waals surface area (Å²) in [7, 11) is 0. The van der Waals surface area contributed by atoms with Crippen LogP contribution in [0.25, 0.3) is 0 Å². The van der Waals surface area contributed by atoms with Crippen molar-refractivity contribution < 1.29 is 14.3 Å². The Kier molecular flexibility index (Phi) is 4.59. The van der Waals surface area contributed by atoms with Gasteiger partial charge in [-0.05, 0) is 29.9 Å². The summed E-state index contributed by atoms with van der Waals surface area (Å²) in [6, 6.07) is 6.59. The van der Waals surface area contributed by atoms with E-state index in [-0.39, 0.29) is 23.6 Å². The van der Waals surface area contributed by atoms with E-state index >= 15 is 0 Å². The molecule has 0 heterocycles. The number of hydrogen-bond donors (Lipinski definition) is 2. The van der Waals surface area contributed by atoms with Gasteiger partial charge in [-0.1, -0.05) is 12.1 Å². The lowest BCUT2D eigenvalue weighted by Gasteiger charge is -2.05. The van der Waals surface area contributed by atoms with Crippen molar-refractivity contribution >= 4 is 29.2 Å². The Bertz CT molecular complexity index is 443. The van der Waals surface area contributed by atoms with Gasteiger partial charge in [0.2, 0.25) is 0 Å². The molecular weight excluding hydrogens is 240 g/mol. The van der Waals surface area contributed by atoms with Gasteiger partial charge in [0.25, 0.3) is 5.91 Å². The zero-order chi connectivity index (χ0) is 12.8. The Hall–Kier alpha value is -1.95. The first-order chi connectivity index (χ1) is 7.99. The van der Waals surface area contributed by atoms with Gasteiger partial charge in [0.15, 0.2) is 5.11 Å². The summed E-state index contributed by atoms with van der Waals surface area (Å²) in [5, 5.41) is 2.24. The van der Waals surface area contributed by atoms with E-state index in [1.165, 1.54) is 6.92 Å². The average molecular weight is 252 g/mol. The normalized spacial score (nSPS) is 9.47. The highest BCUT2D eigenvalue weighted by Gasteiger charge is 2.05. The molecule has 0 aromatic heterocycles. The lowest BCUT2D eigenvalue weighted by Crippen LogP contribution is -2.34. The molecule has 5 nitrogen and oxygen atoms in total. The zero-order valence-corrected chi connectivity index (χ0v) is 10.0. The van der Waals surface area contributed by atoms with Crippen molar-refractivity contribution in [2.24, 2.45) is 5.73 Å². The fourth-order valence-corrected chi connectivity index (χ4v) is 1.21. The van der Waals surface area contributed by atoms with Crippen LogP contribution in [0.2, 0.25) is 0 Å². The number of nitrogens with one attached hydrogen (secondary N) is 1. The summed E-state index contributed by atoms with van der Waals surface area (Å²) < 4.78 is 4.81. The number of benzene rings is 1. The number of carbonyl (C=O) groups excluding carboxylic acids is 2. The molecule has 0 fully saturated rings. The number of esters is 1. The summed E-state index contributed by atoms with van der Waals surface area (Å²) in [6.07, 6.45) is 0. The Morgan fingerprint density at radius 3 is 2.41 bits per heavy atom. The third kappa shape index (κ3) is 4.60. The quantitative estimate of drug-likeness (QED) is 0.612. The molecule has 0 unspecified atom stereocenters. The van der Waals surface area contributed by atoms with Crippen molar-refractivity contribution in [1.82, 2.24) is 5.32 Å². The van der Waals surface area contributed by atoms with Gasteiger partial charge in [-0.15, -0.1) is 0 Å². The predicted octanol–water partition coefficient (Wildman–Crippen LogP) is 0.723. The fourth-order valence-electron chi connectivity index (χ4n) is 1.12. The third-order valence-corrected chi connectivity index (χ3v) is 2.00. The van der Waals surface area contributed by atoms with E-state index in [2.05, 4.69) is 17.5 Å². The fraction of sp³-hybridized carbons (Fsp3) is 0.182. The predicted molar refractivity (Wildman–Crippen MR) is 66.2 cm³/mol. The van der Waals surface area contributed by atoms with Crippen LogP contribution in [0.1, 0.15) is 22.8 Å². The molecule has 0 aliphatic carbocycles. The van der Waals surface area contributed by atoms with Crippen molar-refractivity contribution in [1.29, 1.82) is 0 Å². The molecule has 0 saturated heterocycles. The van der Waals surface area contributed by atoms with Crippen LogP contribution >= 0.6 is 12.2 Å². The van der Waals surface area contributed by atoms with Crippen LogP contribution in [0, 0.1) is 0 Å². The van der Waals surface area contributed by atoms with Gasteiger partial charge in [0, 0.05) is 12.5 Å². The van der Waals surface area contributed by atoms with Crippen molar-refractivity contribution in [2.45, 2.75) is 13.5 Å². The van der Waals surface area contributed by atoms with Gasteiger partial charge in [-0.3, -0.25) is 14.9 Å². The van der Waals surface area contributed by atoms with E-state index in [0.29, 0.717) is 5.56 Å². The number of nitrogens with two attached hydrogens (primary N) is 1. The molecular formula is C11H12N2O3S. The molecule has 0 radical (unpaired) electrons. The van der Waals surface area contributed by atoms with Crippen LogP contribution < -0.4 is 11.1 Å². The summed E-state index contributed by atoms with van der Waals surface area (Å²) in [6.45, 7) is 1.52. The van der Waals surface area contributed by atoms with Crippen LogP contribution in [0.3, 0.4) is 0 Å². The van der Waals surface area contributed by atoms with Gasteiger partial charge < -0.3 is 10.5 Å². The minimum atomic E-state index is -0.364. The number of ether oxygens (including phenoxy) is 1. The minimum Gasteiger partial charge on any atom is -0.461 e. The second kappa shape index (κ2) is 5.95. The Labute approximate surface area is 104 Å². The van der Waals surface area contributed by atoms with Crippen molar-refractivity contribution in [3.63, 3.8) is 0 Å². The molecule has 0 bridgehead atoms. The molecule has 1 aromatic carbocycles. The maximum Gasteiger partial charge on any atom is 0.302 e. The van der Waals surface area contributed by atoms with Gasteiger partial charge in [0.05, 0.1) is 0 Å². The smallest absolute Gasteiger partial charge is 0.302 e. The van der Waals surface area contributed by atoms with Crippen molar-refractivity contribution in [3.05, 3.63) is 35.4 Å². The Balaban J connectivity index is 2.64. The SMILES string of the molecule is CC(=O)OCc1ccc(C(=O)NC(N)=S)cc1. The monoisotopic (exact) mass is 252 g/mol. The molecule has 90 valence electrons. The molecule has 0 spiro atoms. The van der Waals surface area contributed by atoms with Crippen LogP contribution in [-0.4, -0.2) is 17.0 Å². The highest BCUT2D eigenvalue weighted by molar-refractivity contribution is 7.80. The summed E-state index contributed by atoms with van der Waals surface area (Å²) in [5.74, 6) is -0.711. The lowest BCUT2D eigenvalue weighted by atomic mass is 10.1. The summed E-state index contributed by atoms with van der Waals surface area (Å²) in [4.78, 5) is 22.1. The number of thiocarbonyl (C=S) groups is 1. The highest BCUT2D eigenvalue weighted by Crippen LogP contribution is 2.05. The largest absolute Gasteiger partial charge is 0.461 e. The van der Waals surface area contributed by atoms with E-state index in [1.54, 1.807) is 24.3 Å². The molecule has 0 saturated carbocycles. The van der Waals surface area contributed by atoms with Gasteiger partial charge in [-0.25, -0.2) is 0 Å². The molecule has 3 N–H and O–H groups in total. The highest BCUT2D eigenvalue weighted by atomic mass is 32.1. The minimum absolute atomic E-state index is 0.0704. The first-order valence-corrected chi connectivity index (χ1v) is 5.23. The molecule has 0 aliphatic heterocycles. The second-order valence-electron chi connectivity index (χ2n) is 3.30. The first kappa shape index (κ1) is 13.1. The summed E-state index contributed by atoms with van der Waals surface area (Å²) in [5.41, 5.74) is 6.42. The average Bonchev–Trinajstić information content (AvgIpc) is 2.26. The molecule has 1 rings (SSSR count). The number of hydrogen-bond acceptors (Lipinski definition) is 4. The van der Waals surface area contributed by atoms with E-state index in [4.69, 9.17) is 10.5 Å². The molecule has 1 aromatic rings.